The van der Waals surface area contributed by atoms with Gasteiger partial charge in [0.25, 0.3) is 0 Å². The van der Waals surface area contributed by atoms with Crippen molar-refractivity contribution in [2.75, 3.05) is 0 Å². The number of hydrogen-bond acceptors (Lipinski definition) is 2. The van der Waals surface area contributed by atoms with Crippen molar-refractivity contribution in [3.8, 4) is 0 Å². The number of hydrogen-bond donors (Lipinski definition) is 2. The molecule has 2 N–H and O–H groups in total. The summed E-state index contributed by atoms with van der Waals surface area (Å²) in [6, 6.07) is 10.4. The Balaban J connectivity index is 1.40. The molecule has 2 heteroatoms. The predicted molar refractivity (Wildman–Crippen MR) is 118 cm³/mol. The molecule has 2 nitrogen and oxygen atoms in total. The molecule has 0 unspecified atom stereocenters. The molecule has 8 atom stereocenters. The van der Waals surface area contributed by atoms with E-state index in [1.807, 2.05) is 6.07 Å². The van der Waals surface area contributed by atoms with Crippen LogP contribution in [0.15, 0.2) is 36.4 Å². The van der Waals surface area contributed by atoms with Gasteiger partial charge in [-0.2, -0.15) is 0 Å². The molecule has 4 aliphatic carbocycles. The van der Waals surface area contributed by atoms with E-state index in [2.05, 4.69) is 50.3 Å². The van der Waals surface area contributed by atoms with Crippen LogP contribution in [0.25, 0.3) is 6.08 Å². The highest BCUT2D eigenvalue weighted by Crippen LogP contribution is 2.68. The third-order valence-electron chi connectivity index (χ3n) is 10.2. The third-order valence-corrected chi connectivity index (χ3v) is 10.2. The van der Waals surface area contributed by atoms with Crippen LogP contribution in [-0.4, -0.2) is 21.9 Å². The summed E-state index contributed by atoms with van der Waals surface area (Å²) in [5.41, 5.74) is 0.898. The van der Waals surface area contributed by atoms with Crippen LogP contribution in [0.5, 0.6) is 0 Å². The van der Waals surface area contributed by atoms with E-state index in [9.17, 15) is 10.2 Å². The summed E-state index contributed by atoms with van der Waals surface area (Å²) in [5, 5.41) is 22.0. The predicted octanol–water partition coefficient (Wildman–Crippen LogP) is 5.83. The van der Waals surface area contributed by atoms with E-state index in [0.29, 0.717) is 17.3 Å². The molecule has 0 saturated heterocycles. The van der Waals surface area contributed by atoms with Crippen molar-refractivity contribution in [2.45, 2.75) is 83.3 Å². The molecule has 0 aliphatic heterocycles. The smallest absolute Gasteiger partial charge is 0.0887 e. The van der Waals surface area contributed by atoms with Crippen molar-refractivity contribution < 1.29 is 10.2 Å². The molecule has 4 fully saturated rings. The van der Waals surface area contributed by atoms with Gasteiger partial charge in [-0.15, -0.1) is 0 Å². The first-order valence-electron chi connectivity index (χ1n) is 12.0. The zero-order valence-corrected chi connectivity index (χ0v) is 18.2. The molecule has 0 aromatic heterocycles. The Labute approximate surface area is 176 Å². The van der Waals surface area contributed by atoms with Crippen LogP contribution in [0.1, 0.15) is 77.2 Å². The van der Waals surface area contributed by atoms with E-state index in [1.165, 1.54) is 31.2 Å². The van der Waals surface area contributed by atoms with E-state index < -0.39 is 5.60 Å². The molecule has 29 heavy (non-hydrogen) atoms. The highest BCUT2D eigenvalue weighted by atomic mass is 16.3. The van der Waals surface area contributed by atoms with Crippen LogP contribution in [0.3, 0.4) is 0 Å². The summed E-state index contributed by atoms with van der Waals surface area (Å²) in [6.45, 7) is 4.93. The molecular formula is C27H38O2. The second-order valence-corrected chi connectivity index (χ2v) is 11.2. The molecule has 4 aliphatic rings. The van der Waals surface area contributed by atoms with Crippen molar-refractivity contribution >= 4 is 6.08 Å². The number of fused-ring (bicyclic) bond motifs is 5. The van der Waals surface area contributed by atoms with Gasteiger partial charge in [0.15, 0.2) is 0 Å². The maximum atomic E-state index is 11.8. The second kappa shape index (κ2) is 6.95. The van der Waals surface area contributed by atoms with Gasteiger partial charge in [0.05, 0.1) is 11.7 Å². The highest BCUT2D eigenvalue weighted by Gasteiger charge is 2.63. The molecule has 0 spiro atoms. The Hall–Kier alpha value is -1.12. The maximum Gasteiger partial charge on any atom is 0.0887 e. The minimum atomic E-state index is -0.682. The fourth-order valence-electron chi connectivity index (χ4n) is 8.36. The Morgan fingerprint density at radius 2 is 1.66 bits per heavy atom. The van der Waals surface area contributed by atoms with Crippen molar-refractivity contribution in [2.24, 2.45) is 34.5 Å². The quantitative estimate of drug-likeness (QED) is 0.662. The molecule has 0 bridgehead atoms. The summed E-state index contributed by atoms with van der Waals surface area (Å²) in [7, 11) is 0. The van der Waals surface area contributed by atoms with Gasteiger partial charge in [0.1, 0.15) is 0 Å². The normalized spacial score (nSPS) is 49.4. The fraction of sp³-hybridized carbons (Fsp3) is 0.704. The first kappa shape index (κ1) is 19.8. The van der Waals surface area contributed by atoms with Crippen molar-refractivity contribution in [1.29, 1.82) is 0 Å². The number of benzene rings is 1. The van der Waals surface area contributed by atoms with Crippen LogP contribution in [-0.2, 0) is 0 Å². The van der Waals surface area contributed by atoms with Gasteiger partial charge in [0.2, 0.25) is 0 Å². The number of aliphatic hydroxyl groups is 2. The third kappa shape index (κ3) is 2.97. The van der Waals surface area contributed by atoms with Crippen LogP contribution < -0.4 is 0 Å². The molecule has 4 saturated carbocycles. The van der Waals surface area contributed by atoms with E-state index in [4.69, 9.17) is 0 Å². The summed E-state index contributed by atoms with van der Waals surface area (Å²) >= 11 is 0. The van der Waals surface area contributed by atoms with E-state index in [0.717, 1.165) is 43.9 Å². The van der Waals surface area contributed by atoms with Crippen molar-refractivity contribution in [1.82, 2.24) is 0 Å². The van der Waals surface area contributed by atoms with Crippen LogP contribution in [0.4, 0.5) is 0 Å². The topological polar surface area (TPSA) is 40.5 Å². The van der Waals surface area contributed by atoms with Gasteiger partial charge in [-0.3, -0.25) is 0 Å². The van der Waals surface area contributed by atoms with Crippen LogP contribution in [0.2, 0.25) is 0 Å². The lowest BCUT2D eigenvalue weighted by Crippen LogP contribution is -2.56. The molecular weight excluding hydrogens is 356 g/mol. The lowest BCUT2D eigenvalue weighted by atomic mass is 9.44. The lowest BCUT2D eigenvalue weighted by Gasteiger charge is -2.61. The Morgan fingerprint density at radius 1 is 0.897 bits per heavy atom. The Morgan fingerprint density at radius 3 is 2.45 bits per heavy atom. The minimum absolute atomic E-state index is 0.00315. The minimum Gasteiger partial charge on any atom is -0.393 e. The van der Waals surface area contributed by atoms with Gasteiger partial charge in [-0.25, -0.2) is 0 Å². The lowest BCUT2D eigenvalue weighted by molar-refractivity contribution is -0.146. The van der Waals surface area contributed by atoms with Crippen LogP contribution >= 0.6 is 0 Å². The largest absolute Gasteiger partial charge is 0.393 e. The van der Waals surface area contributed by atoms with Crippen LogP contribution in [0, 0.1) is 34.5 Å². The van der Waals surface area contributed by atoms with E-state index in [-0.39, 0.29) is 11.5 Å². The Kier molecular flexibility index (Phi) is 4.75. The molecule has 0 radical (unpaired) electrons. The zero-order valence-electron chi connectivity index (χ0n) is 18.2. The molecule has 1 aromatic rings. The average molecular weight is 395 g/mol. The van der Waals surface area contributed by atoms with Gasteiger partial charge in [-0.1, -0.05) is 56.3 Å². The molecule has 158 valence electrons. The molecule has 0 heterocycles. The summed E-state index contributed by atoms with van der Waals surface area (Å²) in [6.07, 6.45) is 14.4. The zero-order chi connectivity index (χ0) is 20.3. The SMILES string of the molecule is C[C@@]12CC[C@H](O)C[C@@H]1CC[C@@H]1[C@H]3CC[C@@](O)(C=Cc4ccccc4)[C@@]3(C)CC[C@@H]12. The molecule has 0 amide bonds. The standard InChI is InChI=1S/C27H38O2/c1-25-14-11-21(28)18-20(25)8-9-22-23(25)12-15-26(2)24(22)13-17-27(26,29)16-10-19-6-4-3-5-7-19/h3-7,10,16,20-24,28-29H,8-9,11-15,17-18H2,1-2H3/t20-,21-,22-,23-,24+,25+,26-,27-/m0/s1. The Bertz CT molecular complexity index is 772. The van der Waals surface area contributed by atoms with Crippen molar-refractivity contribution in [3.05, 3.63) is 42.0 Å². The number of aliphatic hydroxyl groups excluding tert-OH is 1. The van der Waals surface area contributed by atoms with Gasteiger partial charge < -0.3 is 10.2 Å². The fourth-order valence-corrected chi connectivity index (χ4v) is 8.36. The molecule has 1 aromatic carbocycles. The number of rotatable bonds is 2. The van der Waals surface area contributed by atoms with Gasteiger partial charge in [0, 0.05) is 5.41 Å². The summed E-state index contributed by atoms with van der Waals surface area (Å²) in [4.78, 5) is 0. The average Bonchev–Trinajstić information content (AvgIpc) is 2.99. The summed E-state index contributed by atoms with van der Waals surface area (Å²) in [5.74, 6) is 2.88. The summed E-state index contributed by atoms with van der Waals surface area (Å²) < 4.78 is 0. The monoisotopic (exact) mass is 394 g/mol. The maximum absolute atomic E-state index is 11.8. The van der Waals surface area contributed by atoms with Gasteiger partial charge in [-0.05, 0) is 92.4 Å². The first-order chi connectivity index (χ1) is 13.9. The first-order valence-corrected chi connectivity index (χ1v) is 12.0. The van der Waals surface area contributed by atoms with Gasteiger partial charge >= 0.3 is 0 Å². The van der Waals surface area contributed by atoms with E-state index >= 15 is 0 Å². The highest BCUT2D eigenvalue weighted by molar-refractivity contribution is 5.51. The van der Waals surface area contributed by atoms with E-state index in [1.54, 1.807) is 0 Å². The molecule has 5 rings (SSSR count). The second-order valence-electron chi connectivity index (χ2n) is 11.2. The van der Waals surface area contributed by atoms with Crippen molar-refractivity contribution in [3.63, 3.8) is 0 Å².